The van der Waals surface area contributed by atoms with E-state index in [4.69, 9.17) is 5.73 Å². The van der Waals surface area contributed by atoms with Gasteiger partial charge >= 0.3 is 0 Å². The van der Waals surface area contributed by atoms with Crippen LogP contribution in [0.5, 0.6) is 0 Å². The molecule has 102 valence electrons. The SMILES string of the molecule is CCC(CC)C(c1cccc(N)c1)c1nncn1C. The highest BCUT2D eigenvalue weighted by atomic mass is 15.2. The molecule has 0 amide bonds. The molecule has 1 atom stereocenters. The van der Waals surface area contributed by atoms with E-state index in [1.807, 2.05) is 23.7 Å². The Morgan fingerprint density at radius 2 is 2.00 bits per heavy atom. The van der Waals surface area contributed by atoms with Crippen molar-refractivity contribution in [3.05, 3.63) is 42.0 Å². The molecule has 1 unspecified atom stereocenters. The Morgan fingerprint density at radius 1 is 1.26 bits per heavy atom. The fraction of sp³-hybridized carbons (Fsp3) is 0.467. The number of benzene rings is 1. The lowest BCUT2D eigenvalue weighted by atomic mass is 9.82. The van der Waals surface area contributed by atoms with Gasteiger partial charge in [-0.15, -0.1) is 10.2 Å². The molecule has 2 N–H and O–H groups in total. The maximum Gasteiger partial charge on any atom is 0.140 e. The third kappa shape index (κ3) is 2.78. The molecular formula is C15H22N4. The average molecular weight is 258 g/mol. The van der Waals surface area contributed by atoms with Crippen molar-refractivity contribution in [2.24, 2.45) is 13.0 Å². The zero-order chi connectivity index (χ0) is 13.8. The summed E-state index contributed by atoms with van der Waals surface area (Å²) in [5.74, 6) is 1.81. The summed E-state index contributed by atoms with van der Waals surface area (Å²) in [6, 6.07) is 8.12. The fourth-order valence-electron chi connectivity index (χ4n) is 2.72. The van der Waals surface area contributed by atoms with Gasteiger partial charge in [-0.25, -0.2) is 0 Å². The van der Waals surface area contributed by atoms with Gasteiger partial charge in [0.05, 0.1) is 0 Å². The minimum atomic E-state index is 0.256. The Kier molecular flexibility index (Phi) is 4.20. The van der Waals surface area contributed by atoms with Crippen molar-refractivity contribution in [2.45, 2.75) is 32.6 Å². The number of nitrogen functional groups attached to an aromatic ring is 1. The van der Waals surface area contributed by atoms with Crippen LogP contribution in [0.2, 0.25) is 0 Å². The van der Waals surface area contributed by atoms with Gasteiger partial charge in [0.1, 0.15) is 12.2 Å². The zero-order valence-electron chi connectivity index (χ0n) is 11.9. The van der Waals surface area contributed by atoms with Gasteiger partial charge in [0.2, 0.25) is 0 Å². The van der Waals surface area contributed by atoms with Crippen molar-refractivity contribution in [2.75, 3.05) is 5.73 Å². The zero-order valence-corrected chi connectivity index (χ0v) is 11.9. The summed E-state index contributed by atoms with van der Waals surface area (Å²) in [4.78, 5) is 0. The lowest BCUT2D eigenvalue weighted by Crippen LogP contribution is -2.17. The van der Waals surface area contributed by atoms with E-state index in [0.29, 0.717) is 5.92 Å². The van der Waals surface area contributed by atoms with E-state index in [9.17, 15) is 0 Å². The summed E-state index contributed by atoms with van der Waals surface area (Å²) < 4.78 is 2.01. The molecular weight excluding hydrogens is 236 g/mol. The van der Waals surface area contributed by atoms with Crippen molar-refractivity contribution < 1.29 is 0 Å². The molecule has 0 spiro atoms. The van der Waals surface area contributed by atoms with Gasteiger partial charge < -0.3 is 10.3 Å². The number of hydrogen-bond donors (Lipinski definition) is 1. The average Bonchev–Trinajstić information content (AvgIpc) is 2.81. The minimum absolute atomic E-state index is 0.256. The first-order valence-electron chi connectivity index (χ1n) is 6.86. The molecule has 1 aromatic heterocycles. The molecule has 2 rings (SSSR count). The topological polar surface area (TPSA) is 56.7 Å². The second-order valence-corrected chi connectivity index (χ2v) is 5.02. The number of aryl methyl sites for hydroxylation is 1. The standard InChI is InChI=1S/C15H22N4/c1-4-11(5-2)14(15-18-17-10-19(15)3)12-7-6-8-13(16)9-12/h6-11,14H,4-5,16H2,1-3H3. The monoisotopic (exact) mass is 258 g/mol. The first-order valence-corrected chi connectivity index (χ1v) is 6.86. The molecule has 0 aliphatic heterocycles. The number of rotatable bonds is 5. The van der Waals surface area contributed by atoms with Gasteiger partial charge in [-0.05, 0) is 23.6 Å². The van der Waals surface area contributed by atoms with Crippen LogP contribution in [0.3, 0.4) is 0 Å². The number of nitrogens with two attached hydrogens (primary N) is 1. The van der Waals surface area contributed by atoms with Gasteiger partial charge in [0.25, 0.3) is 0 Å². The first-order chi connectivity index (χ1) is 9.17. The van der Waals surface area contributed by atoms with Crippen LogP contribution in [0, 0.1) is 5.92 Å². The molecule has 0 bridgehead atoms. The summed E-state index contributed by atoms with van der Waals surface area (Å²) >= 11 is 0. The highest BCUT2D eigenvalue weighted by Crippen LogP contribution is 2.35. The van der Waals surface area contributed by atoms with Crippen molar-refractivity contribution in [1.29, 1.82) is 0 Å². The van der Waals surface area contributed by atoms with Gasteiger partial charge in [-0.2, -0.15) is 0 Å². The second-order valence-electron chi connectivity index (χ2n) is 5.02. The van der Waals surface area contributed by atoms with Crippen LogP contribution in [-0.2, 0) is 7.05 Å². The predicted octanol–water partition coefficient (Wildman–Crippen LogP) is 2.97. The smallest absolute Gasteiger partial charge is 0.140 e. The summed E-state index contributed by atoms with van der Waals surface area (Å²) in [5, 5.41) is 8.33. The molecule has 0 fully saturated rings. The Hall–Kier alpha value is -1.84. The van der Waals surface area contributed by atoms with Crippen molar-refractivity contribution in [1.82, 2.24) is 14.8 Å². The summed E-state index contributed by atoms with van der Waals surface area (Å²) in [6.07, 6.45) is 3.99. The Morgan fingerprint density at radius 3 is 2.53 bits per heavy atom. The quantitative estimate of drug-likeness (QED) is 0.839. The van der Waals surface area contributed by atoms with E-state index in [-0.39, 0.29) is 5.92 Å². The maximum absolute atomic E-state index is 5.93. The summed E-state index contributed by atoms with van der Waals surface area (Å²) in [5.41, 5.74) is 7.96. The van der Waals surface area contributed by atoms with Crippen LogP contribution < -0.4 is 5.73 Å². The predicted molar refractivity (Wildman–Crippen MR) is 77.8 cm³/mol. The number of nitrogens with zero attached hydrogens (tertiary/aromatic N) is 3. The summed E-state index contributed by atoms with van der Waals surface area (Å²) in [7, 11) is 2.00. The van der Waals surface area contributed by atoms with Crippen molar-refractivity contribution in [3.8, 4) is 0 Å². The normalized spacial score (nSPS) is 12.8. The van der Waals surface area contributed by atoms with Gasteiger partial charge in [0.15, 0.2) is 0 Å². The molecule has 0 radical (unpaired) electrons. The Balaban J connectivity index is 2.48. The first kappa shape index (κ1) is 13.6. The number of hydrogen-bond acceptors (Lipinski definition) is 3. The molecule has 4 nitrogen and oxygen atoms in total. The third-order valence-corrected chi connectivity index (χ3v) is 3.81. The molecule has 0 saturated heterocycles. The van der Waals surface area contributed by atoms with E-state index in [2.05, 4.69) is 36.2 Å². The van der Waals surface area contributed by atoms with Gasteiger partial charge in [0, 0.05) is 18.7 Å². The summed E-state index contributed by atoms with van der Waals surface area (Å²) in [6.45, 7) is 4.45. The van der Waals surface area contributed by atoms with Crippen LogP contribution >= 0.6 is 0 Å². The van der Waals surface area contributed by atoms with Crippen molar-refractivity contribution >= 4 is 5.69 Å². The van der Waals surface area contributed by atoms with Crippen LogP contribution in [0.25, 0.3) is 0 Å². The van der Waals surface area contributed by atoms with Gasteiger partial charge in [-0.1, -0.05) is 38.8 Å². The number of aromatic nitrogens is 3. The van der Waals surface area contributed by atoms with E-state index in [1.54, 1.807) is 6.33 Å². The van der Waals surface area contributed by atoms with Crippen molar-refractivity contribution in [3.63, 3.8) is 0 Å². The van der Waals surface area contributed by atoms with Crippen LogP contribution in [0.4, 0.5) is 5.69 Å². The maximum atomic E-state index is 5.93. The van der Waals surface area contributed by atoms with E-state index >= 15 is 0 Å². The Labute approximate surface area is 114 Å². The molecule has 4 heteroatoms. The fourth-order valence-corrected chi connectivity index (χ4v) is 2.72. The van der Waals surface area contributed by atoms with Crippen LogP contribution in [-0.4, -0.2) is 14.8 Å². The second kappa shape index (κ2) is 5.87. The molecule has 0 aliphatic carbocycles. The highest BCUT2D eigenvalue weighted by molar-refractivity contribution is 5.43. The van der Waals surface area contributed by atoms with E-state index < -0.39 is 0 Å². The molecule has 1 aromatic carbocycles. The van der Waals surface area contributed by atoms with E-state index in [1.165, 1.54) is 5.56 Å². The van der Waals surface area contributed by atoms with Gasteiger partial charge in [-0.3, -0.25) is 0 Å². The largest absolute Gasteiger partial charge is 0.399 e. The minimum Gasteiger partial charge on any atom is -0.399 e. The molecule has 1 heterocycles. The lowest BCUT2D eigenvalue weighted by molar-refractivity contribution is 0.417. The molecule has 2 aromatic rings. The lowest BCUT2D eigenvalue weighted by Gasteiger charge is -2.25. The molecule has 0 saturated carbocycles. The third-order valence-electron chi connectivity index (χ3n) is 3.81. The highest BCUT2D eigenvalue weighted by Gasteiger charge is 2.26. The molecule has 19 heavy (non-hydrogen) atoms. The van der Waals surface area contributed by atoms with Crippen LogP contribution in [0.15, 0.2) is 30.6 Å². The molecule has 0 aliphatic rings. The number of anilines is 1. The van der Waals surface area contributed by atoms with E-state index in [0.717, 1.165) is 24.4 Å². The Bertz CT molecular complexity index is 528. The van der Waals surface area contributed by atoms with Crippen LogP contribution in [0.1, 0.15) is 44.0 Å².